The Balaban J connectivity index is 1.84. The Morgan fingerprint density at radius 3 is 2.09 bits per heavy atom. The molecule has 1 aromatic heterocycles. The Kier molecular flexibility index (Phi) is 5.86. The molecule has 4 aromatic rings. The molecule has 0 bridgehead atoms. The zero-order chi connectivity index (χ0) is 23.6. The molecule has 0 aliphatic rings. The van der Waals surface area contributed by atoms with Crippen LogP contribution in [-0.4, -0.2) is 20.5 Å². The van der Waals surface area contributed by atoms with Crippen LogP contribution in [0.5, 0.6) is 5.75 Å². The summed E-state index contributed by atoms with van der Waals surface area (Å²) in [4.78, 5) is 4.17. The molecule has 0 aliphatic heterocycles. The van der Waals surface area contributed by atoms with Crippen LogP contribution in [0, 0.1) is 0 Å². The second-order valence-corrected chi connectivity index (χ2v) is 8.50. The van der Waals surface area contributed by atoms with Crippen LogP contribution < -0.4 is 9.46 Å². The first-order valence-electron chi connectivity index (χ1n) is 9.59. The summed E-state index contributed by atoms with van der Waals surface area (Å²) < 4.78 is 79.2. The van der Waals surface area contributed by atoms with Crippen molar-refractivity contribution in [3.8, 4) is 28.5 Å². The summed E-state index contributed by atoms with van der Waals surface area (Å²) in [6.07, 6.45) is -4.67. The van der Waals surface area contributed by atoms with E-state index < -0.39 is 26.8 Å². The largest absolute Gasteiger partial charge is 0.495 e. The third-order valence-corrected chi connectivity index (χ3v) is 5.95. The topological polar surface area (TPSA) is 81.4 Å². The van der Waals surface area contributed by atoms with Gasteiger partial charge in [0.2, 0.25) is 10.9 Å². The second kappa shape index (κ2) is 8.62. The lowest BCUT2D eigenvalue weighted by molar-refractivity contribution is -0.137. The van der Waals surface area contributed by atoms with Gasteiger partial charge in [-0.15, -0.1) is 0 Å². The van der Waals surface area contributed by atoms with Gasteiger partial charge in [0, 0.05) is 11.1 Å². The molecule has 6 nitrogen and oxygen atoms in total. The van der Waals surface area contributed by atoms with Crippen LogP contribution in [0.15, 0.2) is 88.3 Å². The second-order valence-electron chi connectivity index (χ2n) is 6.90. The maximum Gasteiger partial charge on any atom is 0.416 e. The van der Waals surface area contributed by atoms with E-state index in [2.05, 4.69) is 9.71 Å². The average Bonchev–Trinajstić information content (AvgIpc) is 3.26. The van der Waals surface area contributed by atoms with Gasteiger partial charge in [-0.25, -0.2) is 0 Å². The number of hydrogen-bond donors (Lipinski definition) is 1. The number of methoxy groups -OCH3 is 1. The highest BCUT2D eigenvalue weighted by Crippen LogP contribution is 2.37. The zero-order valence-electron chi connectivity index (χ0n) is 17.1. The van der Waals surface area contributed by atoms with Gasteiger partial charge in [-0.3, -0.25) is 4.72 Å². The van der Waals surface area contributed by atoms with E-state index in [9.17, 15) is 21.6 Å². The molecule has 0 amide bonds. The first kappa shape index (κ1) is 22.4. The normalized spacial score (nSPS) is 11.9. The van der Waals surface area contributed by atoms with Crippen LogP contribution in [0.2, 0.25) is 0 Å². The minimum Gasteiger partial charge on any atom is -0.495 e. The summed E-state index contributed by atoms with van der Waals surface area (Å²) in [5, 5.41) is -0.466. The fraction of sp³-hybridized carbons (Fsp3) is 0.0870. The highest BCUT2D eigenvalue weighted by atomic mass is 32.2. The fourth-order valence-corrected chi connectivity index (χ4v) is 4.27. The van der Waals surface area contributed by atoms with Crippen molar-refractivity contribution in [1.82, 2.24) is 4.98 Å². The quantitative estimate of drug-likeness (QED) is 0.380. The van der Waals surface area contributed by atoms with Crippen LogP contribution in [0.4, 0.5) is 18.9 Å². The molecule has 170 valence electrons. The number of ether oxygens (including phenoxy) is 1. The molecule has 0 radical (unpaired) electrons. The summed E-state index contributed by atoms with van der Waals surface area (Å²) in [7, 11) is -3.25. The molecule has 3 aromatic carbocycles. The maximum absolute atomic E-state index is 13.3. The van der Waals surface area contributed by atoms with E-state index in [1.165, 1.54) is 7.11 Å². The molecule has 0 aliphatic carbocycles. The molecule has 1 N–H and O–H groups in total. The van der Waals surface area contributed by atoms with E-state index in [0.717, 1.165) is 12.1 Å². The van der Waals surface area contributed by atoms with E-state index in [-0.39, 0.29) is 23.1 Å². The van der Waals surface area contributed by atoms with Gasteiger partial charge in [-0.1, -0.05) is 48.5 Å². The predicted octanol–water partition coefficient (Wildman–Crippen LogP) is 5.84. The van der Waals surface area contributed by atoms with Gasteiger partial charge in [-0.05, 0) is 30.3 Å². The minimum absolute atomic E-state index is 0.0471. The lowest BCUT2D eigenvalue weighted by atomic mass is 10.2. The molecule has 0 saturated carbocycles. The van der Waals surface area contributed by atoms with Crippen LogP contribution in [0.3, 0.4) is 0 Å². The molecule has 0 atom stereocenters. The van der Waals surface area contributed by atoms with E-state index >= 15 is 0 Å². The number of oxazole rings is 1. The average molecular weight is 474 g/mol. The smallest absolute Gasteiger partial charge is 0.416 e. The Morgan fingerprint density at radius 2 is 1.52 bits per heavy atom. The molecule has 1 heterocycles. The van der Waals surface area contributed by atoms with Crippen molar-refractivity contribution in [3.63, 3.8) is 0 Å². The minimum atomic E-state index is -4.67. The maximum atomic E-state index is 13.3. The van der Waals surface area contributed by atoms with Crippen molar-refractivity contribution >= 4 is 15.7 Å². The monoisotopic (exact) mass is 474 g/mol. The Morgan fingerprint density at radius 1 is 0.909 bits per heavy atom. The predicted molar refractivity (Wildman–Crippen MR) is 116 cm³/mol. The molecular weight excluding hydrogens is 457 g/mol. The van der Waals surface area contributed by atoms with Crippen molar-refractivity contribution in [2.45, 2.75) is 11.2 Å². The number of benzene rings is 3. The fourth-order valence-electron chi connectivity index (χ4n) is 3.12. The van der Waals surface area contributed by atoms with Gasteiger partial charge in [0.1, 0.15) is 5.75 Å². The number of aromatic nitrogens is 1. The van der Waals surface area contributed by atoms with Gasteiger partial charge >= 0.3 is 6.18 Å². The van der Waals surface area contributed by atoms with Crippen LogP contribution in [0.1, 0.15) is 5.56 Å². The van der Waals surface area contributed by atoms with Crippen LogP contribution in [-0.2, 0) is 16.2 Å². The summed E-state index contributed by atoms with van der Waals surface area (Å²) in [6.45, 7) is 0. The Hall–Kier alpha value is -3.79. The highest BCUT2D eigenvalue weighted by Gasteiger charge is 2.33. The standard InChI is InChI=1S/C23H17F3N2O4S/c1-31-19-13-12-17(23(24,25)26)14-18(19)28-33(29,30)22-20(15-8-4-2-5-9-15)32-21(27-22)16-10-6-3-7-11-16/h2-14,28H,1H3. The number of halogens is 3. The number of alkyl halides is 3. The lowest BCUT2D eigenvalue weighted by Gasteiger charge is -2.14. The van der Waals surface area contributed by atoms with E-state index in [1.807, 2.05) is 0 Å². The molecule has 0 spiro atoms. The molecule has 4 rings (SSSR count). The molecule has 33 heavy (non-hydrogen) atoms. The number of nitrogens with zero attached hydrogens (tertiary/aromatic N) is 1. The summed E-state index contributed by atoms with van der Waals surface area (Å²) >= 11 is 0. The van der Waals surface area contributed by atoms with Gasteiger partial charge in [-0.2, -0.15) is 26.6 Å². The summed E-state index contributed by atoms with van der Waals surface area (Å²) in [5.41, 5.74) is -0.443. The van der Waals surface area contributed by atoms with Gasteiger partial charge in [0.05, 0.1) is 18.4 Å². The van der Waals surface area contributed by atoms with Crippen molar-refractivity contribution in [2.24, 2.45) is 0 Å². The van der Waals surface area contributed by atoms with Crippen molar-refractivity contribution in [2.75, 3.05) is 11.8 Å². The molecule has 0 saturated heterocycles. The lowest BCUT2D eigenvalue weighted by Crippen LogP contribution is -2.16. The molecular formula is C23H17F3N2O4S. The first-order chi connectivity index (χ1) is 15.7. The van der Waals surface area contributed by atoms with Gasteiger partial charge in [0.25, 0.3) is 10.0 Å². The first-order valence-corrected chi connectivity index (χ1v) is 11.1. The highest BCUT2D eigenvalue weighted by molar-refractivity contribution is 7.92. The number of nitrogens with one attached hydrogen (secondary N) is 1. The van der Waals surface area contributed by atoms with Crippen molar-refractivity contribution in [3.05, 3.63) is 84.4 Å². The number of hydrogen-bond acceptors (Lipinski definition) is 5. The van der Waals surface area contributed by atoms with E-state index in [4.69, 9.17) is 9.15 Å². The van der Waals surface area contributed by atoms with Crippen LogP contribution >= 0.6 is 0 Å². The van der Waals surface area contributed by atoms with Crippen molar-refractivity contribution < 1.29 is 30.7 Å². The van der Waals surface area contributed by atoms with Crippen LogP contribution in [0.25, 0.3) is 22.8 Å². The Labute approximate surface area is 187 Å². The number of rotatable bonds is 6. The molecule has 10 heteroatoms. The molecule has 0 fully saturated rings. The van der Waals surface area contributed by atoms with E-state index in [0.29, 0.717) is 17.2 Å². The SMILES string of the molecule is COc1ccc(C(F)(F)F)cc1NS(=O)(=O)c1nc(-c2ccccc2)oc1-c1ccccc1. The summed E-state index contributed by atoms with van der Waals surface area (Å²) in [5.74, 6) is -0.0849. The van der Waals surface area contributed by atoms with Gasteiger partial charge < -0.3 is 9.15 Å². The third kappa shape index (κ3) is 4.70. The Bertz CT molecular complexity index is 1370. The zero-order valence-corrected chi connectivity index (χ0v) is 17.9. The van der Waals surface area contributed by atoms with E-state index in [1.54, 1.807) is 60.7 Å². The van der Waals surface area contributed by atoms with Crippen molar-refractivity contribution in [1.29, 1.82) is 0 Å². The third-order valence-electron chi connectivity index (χ3n) is 4.68. The number of sulfonamides is 1. The van der Waals surface area contributed by atoms with Gasteiger partial charge in [0.15, 0.2) is 5.76 Å². The number of anilines is 1. The summed E-state index contributed by atoms with van der Waals surface area (Å²) in [6, 6.07) is 19.6. The molecule has 0 unspecified atom stereocenters.